The smallest absolute Gasteiger partial charge is 0.493 e. The molecule has 3 aromatic rings. The highest BCUT2D eigenvalue weighted by atomic mass is 19.4. The van der Waals surface area contributed by atoms with Gasteiger partial charge in [0.15, 0.2) is 11.4 Å². The number of halogens is 3. The minimum absolute atomic E-state index is 0.249. The summed E-state index contributed by atoms with van der Waals surface area (Å²) in [6.07, 6.45) is -2.74. The molecule has 0 atom stereocenters. The quantitative estimate of drug-likeness (QED) is 0.728. The summed E-state index contributed by atoms with van der Waals surface area (Å²) >= 11 is 0. The molecule has 0 spiro atoms. The molecule has 2 aromatic heterocycles. The van der Waals surface area contributed by atoms with Gasteiger partial charge in [0.2, 0.25) is 0 Å². The monoisotopic (exact) mass is 379 g/mol. The molecule has 0 aliphatic heterocycles. The van der Waals surface area contributed by atoms with Crippen molar-refractivity contribution in [3.63, 3.8) is 0 Å². The molecule has 1 aromatic carbocycles. The predicted molar refractivity (Wildman–Crippen MR) is 93.8 cm³/mol. The maximum atomic E-state index is 12.7. The second-order valence-electron chi connectivity index (χ2n) is 5.57. The summed E-state index contributed by atoms with van der Waals surface area (Å²) in [5.41, 5.74) is 0.990. The summed E-state index contributed by atoms with van der Waals surface area (Å²) in [5, 5.41) is 2.98. The van der Waals surface area contributed by atoms with Gasteiger partial charge in [0.05, 0.1) is 12.7 Å². The van der Waals surface area contributed by atoms with Crippen molar-refractivity contribution >= 4 is 17.2 Å². The molecule has 0 fully saturated rings. The number of anilines is 2. The van der Waals surface area contributed by atoms with Crippen LogP contribution in [-0.2, 0) is 6.42 Å². The number of methoxy groups -OCH3 is 1. The zero-order chi connectivity index (χ0) is 19.6. The van der Waals surface area contributed by atoms with E-state index in [9.17, 15) is 18.0 Å². The largest absolute Gasteiger partial charge is 0.573 e. The van der Waals surface area contributed by atoms with E-state index in [1.807, 2.05) is 6.92 Å². The van der Waals surface area contributed by atoms with E-state index in [0.717, 1.165) is 0 Å². The molecule has 0 aliphatic carbocycles. The minimum atomic E-state index is -4.75. The van der Waals surface area contributed by atoms with Crippen LogP contribution in [-0.4, -0.2) is 22.9 Å². The molecule has 3 rings (SSSR count). The number of benzene rings is 1. The molecule has 0 bridgehead atoms. The zero-order valence-electron chi connectivity index (χ0n) is 14.5. The molecular weight excluding hydrogens is 363 g/mol. The van der Waals surface area contributed by atoms with Crippen LogP contribution in [0.3, 0.4) is 0 Å². The van der Waals surface area contributed by atoms with Crippen molar-refractivity contribution in [2.45, 2.75) is 19.7 Å². The molecule has 9 heteroatoms. The highest BCUT2D eigenvalue weighted by Gasteiger charge is 2.31. The van der Waals surface area contributed by atoms with Crippen molar-refractivity contribution in [1.29, 1.82) is 0 Å². The lowest BCUT2D eigenvalue weighted by atomic mass is 10.2. The normalized spacial score (nSPS) is 11.4. The Kier molecular flexibility index (Phi) is 4.93. The summed E-state index contributed by atoms with van der Waals surface area (Å²) in [4.78, 5) is 17.2. The molecule has 0 radical (unpaired) electrons. The summed E-state index contributed by atoms with van der Waals surface area (Å²) in [6, 6.07) is 8.53. The van der Waals surface area contributed by atoms with Gasteiger partial charge in [0.1, 0.15) is 11.6 Å². The van der Waals surface area contributed by atoms with E-state index >= 15 is 0 Å². The highest BCUT2D eigenvalue weighted by molar-refractivity contribution is 5.65. The first-order chi connectivity index (χ1) is 12.8. The van der Waals surface area contributed by atoms with Crippen LogP contribution in [0, 0.1) is 0 Å². The molecule has 0 amide bonds. The van der Waals surface area contributed by atoms with Gasteiger partial charge >= 0.3 is 6.36 Å². The molecule has 1 N–H and O–H groups in total. The fourth-order valence-corrected chi connectivity index (χ4v) is 2.63. The van der Waals surface area contributed by atoms with E-state index in [1.54, 1.807) is 18.3 Å². The van der Waals surface area contributed by atoms with Crippen LogP contribution in [0.15, 0.2) is 47.4 Å². The molecule has 0 saturated heterocycles. The third kappa shape index (κ3) is 3.97. The number of pyridine rings is 1. The predicted octanol–water partition coefficient (Wildman–Crippen LogP) is 3.91. The molecule has 27 heavy (non-hydrogen) atoms. The van der Waals surface area contributed by atoms with Crippen molar-refractivity contribution in [3.05, 3.63) is 58.5 Å². The van der Waals surface area contributed by atoms with Crippen LogP contribution < -0.4 is 20.3 Å². The number of alkyl halides is 3. The van der Waals surface area contributed by atoms with Crippen LogP contribution in [0.4, 0.5) is 24.7 Å². The summed E-state index contributed by atoms with van der Waals surface area (Å²) in [7, 11) is 1.47. The van der Waals surface area contributed by atoms with E-state index in [-0.39, 0.29) is 11.3 Å². The third-order valence-electron chi connectivity index (χ3n) is 3.84. The molecule has 2 heterocycles. The number of hydrogen-bond donors (Lipinski definition) is 1. The Morgan fingerprint density at radius 3 is 2.48 bits per heavy atom. The van der Waals surface area contributed by atoms with Crippen molar-refractivity contribution in [2.75, 3.05) is 12.4 Å². The number of hydrogen-bond acceptors (Lipinski definition) is 5. The first-order valence-electron chi connectivity index (χ1n) is 8.03. The second-order valence-corrected chi connectivity index (χ2v) is 5.57. The standard InChI is InChI=1S/C18H16F3N3O3/c1-3-13-15(22-11-6-8-12(9-7-11)27-18(19,20)21)23-16-14(26-2)5-4-10-24(16)17(13)25/h4-10,22H,3H2,1-2H3. The Hall–Kier alpha value is -3.23. The Morgan fingerprint density at radius 2 is 1.89 bits per heavy atom. The summed E-state index contributed by atoms with van der Waals surface area (Å²) in [6.45, 7) is 1.82. The van der Waals surface area contributed by atoms with Gasteiger partial charge in [-0.3, -0.25) is 9.20 Å². The highest BCUT2D eigenvalue weighted by Crippen LogP contribution is 2.26. The van der Waals surface area contributed by atoms with E-state index < -0.39 is 6.36 Å². The maximum Gasteiger partial charge on any atom is 0.573 e. The summed E-state index contributed by atoms with van der Waals surface area (Å²) < 4.78 is 47.3. The fourth-order valence-electron chi connectivity index (χ4n) is 2.63. The number of rotatable bonds is 5. The van der Waals surface area contributed by atoms with Crippen molar-refractivity contribution < 1.29 is 22.6 Å². The Morgan fingerprint density at radius 1 is 1.19 bits per heavy atom. The van der Waals surface area contributed by atoms with E-state index in [0.29, 0.717) is 34.9 Å². The zero-order valence-corrected chi connectivity index (χ0v) is 14.5. The number of nitrogens with zero attached hydrogens (tertiary/aromatic N) is 2. The lowest BCUT2D eigenvalue weighted by Crippen LogP contribution is -2.21. The Labute approximate surface area is 152 Å². The van der Waals surface area contributed by atoms with Crippen LogP contribution >= 0.6 is 0 Å². The van der Waals surface area contributed by atoms with Gasteiger partial charge in [-0.25, -0.2) is 4.98 Å². The van der Waals surface area contributed by atoms with E-state index in [2.05, 4.69) is 15.0 Å². The van der Waals surface area contributed by atoms with Crippen LogP contribution in [0.5, 0.6) is 11.5 Å². The molecule has 0 aliphatic rings. The lowest BCUT2D eigenvalue weighted by Gasteiger charge is -2.14. The molecule has 142 valence electrons. The van der Waals surface area contributed by atoms with Gasteiger partial charge in [-0.15, -0.1) is 13.2 Å². The van der Waals surface area contributed by atoms with Crippen LogP contribution in [0.25, 0.3) is 5.65 Å². The molecule has 6 nitrogen and oxygen atoms in total. The van der Waals surface area contributed by atoms with E-state index in [4.69, 9.17) is 4.74 Å². The Balaban J connectivity index is 2.00. The first kappa shape index (κ1) is 18.6. The molecule has 0 saturated carbocycles. The lowest BCUT2D eigenvalue weighted by molar-refractivity contribution is -0.274. The van der Waals surface area contributed by atoms with Gasteiger partial charge in [-0.1, -0.05) is 6.92 Å². The van der Waals surface area contributed by atoms with Gasteiger partial charge < -0.3 is 14.8 Å². The average Bonchev–Trinajstić information content (AvgIpc) is 2.62. The van der Waals surface area contributed by atoms with Crippen LogP contribution in [0.1, 0.15) is 12.5 Å². The topological polar surface area (TPSA) is 64.9 Å². The van der Waals surface area contributed by atoms with Gasteiger partial charge in [0, 0.05) is 11.9 Å². The number of nitrogens with one attached hydrogen (secondary N) is 1. The Bertz CT molecular complexity index is 1010. The summed E-state index contributed by atoms with van der Waals surface area (Å²) in [5.74, 6) is 0.405. The van der Waals surface area contributed by atoms with E-state index in [1.165, 1.54) is 35.8 Å². The van der Waals surface area contributed by atoms with Crippen molar-refractivity contribution in [1.82, 2.24) is 9.38 Å². The average molecular weight is 379 g/mol. The first-order valence-corrected chi connectivity index (χ1v) is 8.03. The maximum absolute atomic E-state index is 12.7. The van der Waals surface area contributed by atoms with Crippen molar-refractivity contribution in [3.8, 4) is 11.5 Å². The van der Waals surface area contributed by atoms with Gasteiger partial charge in [0.25, 0.3) is 5.56 Å². The minimum Gasteiger partial charge on any atom is -0.493 e. The van der Waals surface area contributed by atoms with Gasteiger partial charge in [-0.05, 0) is 42.8 Å². The van der Waals surface area contributed by atoms with Gasteiger partial charge in [-0.2, -0.15) is 0 Å². The molecular formula is C18H16F3N3O3. The fraction of sp³-hybridized carbons (Fsp3) is 0.222. The van der Waals surface area contributed by atoms with Crippen molar-refractivity contribution in [2.24, 2.45) is 0 Å². The SMILES string of the molecule is CCc1c(Nc2ccc(OC(F)(F)F)cc2)nc2c(OC)cccn2c1=O. The number of aromatic nitrogens is 2. The molecule has 0 unspecified atom stereocenters. The number of ether oxygens (including phenoxy) is 2. The van der Waals surface area contributed by atoms with Crippen LogP contribution in [0.2, 0.25) is 0 Å². The second kappa shape index (κ2) is 7.18. The number of fused-ring (bicyclic) bond motifs is 1. The third-order valence-corrected chi connectivity index (χ3v) is 3.84.